The first-order valence-electron chi connectivity index (χ1n) is 9.37. The molecule has 144 valence electrons. The Morgan fingerprint density at radius 3 is 2.63 bits per heavy atom. The van der Waals surface area contributed by atoms with Crippen LogP contribution in [0, 0.1) is 20.8 Å². The van der Waals surface area contributed by atoms with Crippen molar-refractivity contribution >= 4 is 11.6 Å². The molecule has 1 N–H and O–H groups in total. The summed E-state index contributed by atoms with van der Waals surface area (Å²) in [5, 5.41) is 2.89. The number of rotatable bonds is 7. The number of carbonyl (C=O) groups excluding carboxylic acids is 1. The molecule has 1 fully saturated rings. The van der Waals surface area contributed by atoms with Gasteiger partial charge in [-0.2, -0.15) is 0 Å². The number of para-hydroxylation sites is 1. The van der Waals surface area contributed by atoms with Crippen molar-refractivity contribution in [2.45, 2.75) is 39.7 Å². The third kappa shape index (κ3) is 5.23. The van der Waals surface area contributed by atoms with E-state index < -0.39 is 0 Å². The van der Waals surface area contributed by atoms with E-state index in [4.69, 9.17) is 14.2 Å². The van der Waals surface area contributed by atoms with E-state index in [2.05, 4.69) is 5.32 Å². The predicted octanol–water partition coefficient (Wildman–Crippen LogP) is 4.19. The highest BCUT2D eigenvalue weighted by Gasteiger charge is 2.17. The molecule has 1 aliphatic rings. The van der Waals surface area contributed by atoms with Crippen molar-refractivity contribution in [2.24, 2.45) is 0 Å². The van der Waals surface area contributed by atoms with E-state index >= 15 is 0 Å². The molecule has 1 saturated heterocycles. The van der Waals surface area contributed by atoms with Gasteiger partial charge in [0.25, 0.3) is 5.91 Å². The van der Waals surface area contributed by atoms with Crippen molar-refractivity contribution in [3.8, 4) is 11.5 Å². The van der Waals surface area contributed by atoms with Crippen LogP contribution in [0.4, 0.5) is 5.69 Å². The Bertz CT molecular complexity index is 777. The third-order valence-corrected chi connectivity index (χ3v) is 4.62. The summed E-state index contributed by atoms with van der Waals surface area (Å²) in [5.74, 6) is 1.20. The second-order valence-corrected chi connectivity index (χ2v) is 7.00. The van der Waals surface area contributed by atoms with Gasteiger partial charge >= 0.3 is 0 Å². The minimum Gasteiger partial charge on any atom is -0.489 e. The van der Waals surface area contributed by atoms with Crippen LogP contribution >= 0.6 is 0 Å². The van der Waals surface area contributed by atoms with Gasteiger partial charge in [0.05, 0.1) is 11.8 Å². The van der Waals surface area contributed by atoms with Crippen LogP contribution in [0.1, 0.15) is 29.5 Å². The van der Waals surface area contributed by atoms with Crippen LogP contribution < -0.4 is 14.8 Å². The van der Waals surface area contributed by atoms with Gasteiger partial charge in [-0.3, -0.25) is 4.79 Å². The highest BCUT2D eigenvalue weighted by molar-refractivity contribution is 5.93. The van der Waals surface area contributed by atoms with Gasteiger partial charge in [-0.15, -0.1) is 0 Å². The highest BCUT2D eigenvalue weighted by Crippen LogP contribution is 2.27. The Labute approximate surface area is 160 Å². The molecule has 0 aromatic heterocycles. The fourth-order valence-electron chi connectivity index (χ4n) is 3.16. The Hall–Kier alpha value is -2.53. The number of aryl methyl sites for hydroxylation is 3. The van der Waals surface area contributed by atoms with Crippen molar-refractivity contribution in [3.05, 3.63) is 53.1 Å². The molecule has 0 saturated carbocycles. The lowest BCUT2D eigenvalue weighted by Gasteiger charge is -2.16. The zero-order valence-electron chi connectivity index (χ0n) is 16.2. The van der Waals surface area contributed by atoms with Crippen LogP contribution in [0.15, 0.2) is 36.4 Å². The monoisotopic (exact) mass is 369 g/mol. The van der Waals surface area contributed by atoms with E-state index in [-0.39, 0.29) is 18.6 Å². The smallest absolute Gasteiger partial charge is 0.262 e. The number of amides is 1. The SMILES string of the molecule is Cc1ccc(NC(=O)COc2c(C)cccc2C)c(OCC2CCCO2)c1. The Balaban J connectivity index is 1.61. The second kappa shape index (κ2) is 8.91. The summed E-state index contributed by atoms with van der Waals surface area (Å²) in [6.45, 7) is 7.17. The fourth-order valence-corrected chi connectivity index (χ4v) is 3.16. The molecule has 1 atom stereocenters. The van der Waals surface area contributed by atoms with E-state index in [0.717, 1.165) is 41.9 Å². The van der Waals surface area contributed by atoms with E-state index in [0.29, 0.717) is 18.0 Å². The molecule has 2 aromatic rings. The van der Waals surface area contributed by atoms with Crippen LogP contribution in [-0.4, -0.2) is 31.8 Å². The number of ether oxygens (including phenoxy) is 3. The number of anilines is 1. The van der Waals surface area contributed by atoms with Gasteiger partial charge in [0, 0.05) is 6.61 Å². The number of hydrogen-bond acceptors (Lipinski definition) is 4. The maximum absolute atomic E-state index is 12.4. The van der Waals surface area contributed by atoms with Gasteiger partial charge in [0.2, 0.25) is 0 Å². The first kappa shape index (κ1) is 19.2. The summed E-state index contributed by atoms with van der Waals surface area (Å²) in [6, 6.07) is 11.6. The number of hydrogen-bond donors (Lipinski definition) is 1. The lowest BCUT2D eigenvalue weighted by molar-refractivity contribution is -0.118. The molecule has 2 aromatic carbocycles. The molecule has 0 radical (unpaired) electrons. The third-order valence-electron chi connectivity index (χ3n) is 4.62. The highest BCUT2D eigenvalue weighted by atomic mass is 16.5. The average molecular weight is 369 g/mol. The minimum absolute atomic E-state index is 0.0508. The van der Waals surface area contributed by atoms with Crippen molar-refractivity contribution in [2.75, 3.05) is 25.1 Å². The summed E-state index contributed by atoms with van der Waals surface area (Å²) in [7, 11) is 0. The van der Waals surface area contributed by atoms with Crippen molar-refractivity contribution in [3.63, 3.8) is 0 Å². The van der Waals surface area contributed by atoms with Crippen LogP contribution in [-0.2, 0) is 9.53 Å². The molecule has 1 aliphatic heterocycles. The molecule has 1 unspecified atom stereocenters. The molecule has 1 heterocycles. The van der Waals surface area contributed by atoms with Crippen LogP contribution in [0.2, 0.25) is 0 Å². The standard InChI is InChI=1S/C22H27NO4/c1-15-9-10-19(20(12-15)26-13-18-8-5-11-25-18)23-21(24)14-27-22-16(2)6-4-7-17(22)3/h4,6-7,9-10,12,18H,5,8,11,13-14H2,1-3H3,(H,23,24). The normalized spacial score (nSPS) is 16.2. The zero-order chi connectivity index (χ0) is 19.2. The summed E-state index contributed by atoms with van der Waals surface area (Å²) in [4.78, 5) is 12.4. The molecule has 5 nitrogen and oxygen atoms in total. The second-order valence-electron chi connectivity index (χ2n) is 7.00. The van der Waals surface area contributed by atoms with Crippen molar-refractivity contribution in [1.82, 2.24) is 0 Å². The average Bonchev–Trinajstić information content (AvgIpc) is 3.15. The van der Waals surface area contributed by atoms with Gasteiger partial charge < -0.3 is 19.5 Å². The molecule has 5 heteroatoms. The summed E-state index contributed by atoms with van der Waals surface area (Å²) in [6.07, 6.45) is 2.21. The molecule has 27 heavy (non-hydrogen) atoms. The number of nitrogens with one attached hydrogen (secondary N) is 1. The summed E-state index contributed by atoms with van der Waals surface area (Å²) < 4.78 is 17.3. The van der Waals surface area contributed by atoms with E-state index in [1.807, 2.05) is 57.2 Å². The maximum atomic E-state index is 12.4. The maximum Gasteiger partial charge on any atom is 0.262 e. The topological polar surface area (TPSA) is 56.8 Å². The Morgan fingerprint density at radius 2 is 1.93 bits per heavy atom. The minimum atomic E-state index is -0.219. The molecule has 0 aliphatic carbocycles. The molecular formula is C22H27NO4. The van der Waals surface area contributed by atoms with E-state index in [9.17, 15) is 4.79 Å². The van der Waals surface area contributed by atoms with Crippen LogP contribution in [0.3, 0.4) is 0 Å². The van der Waals surface area contributed by atoms with E-state index in [1.54, 1.807) is 0 Å². The van der Waals surface area contributed by atoms with Gasteiger partial charge in [-0.25, -0.2) is 0 Å². The molecule has 0 spiro atoms. The Kier molecular flexibility index (Phi) is 6.35. The van der Waals surface area contributed by atoms with Crippen LogP contribution in [0.25, 0.3) is 0 Å². The number of carbonyl (C=O) groups is 1. The lowest BCUT2D eigenvalue weighted by atomic mass is 10.1. The summed E-state index contributed by atoms with van der Waals surface area (Å²) in [5.41, 5.74) is 3.74. The fraction of sp³-hybridized carbons (Fsp3) is 0.409. The zero-order valence-corrected chi connectivity index (χ0v) is 16.2. The van der Waals surface area contributed by atoms with Crippen molar-refractivity contribution in [1.29, 1.82) is 0 Å². The summed E-state index contributed by atoms with van der Waals surface area (Å²) >= 11 is 0. The lowest BCUT2D eigenvalue weighted by Crippen LogP contribution is -2.22. The van der Waals surface area contributed by atoms with Gasteiger partial charge in [-0.05, 0) is 62.4 Å². The quantitative estimate of drug-likeness (QED) is 0.795. The molecule has 1 amide bonds. The van der Waals surface area contributed by atoms with Crippen molar-refractivity contribution < 1.29 is 19.0 Å². The van der Waals surface area contributed by atoms with E-state index in [1.165, 1.54) is 0 Å². The van der Waals surface area contributed by atoms with Gasteiger partial charge in [0.15, 0.2) is 6.61 Å². The molecular weight excluding hydrogens is 342 g/mol. The predicted molar refractivity (Wildman–Crippen MR) is 106 cm³/mol. The van der Waals surface area contributed by atoms with Crippen LogP contribution in [0.5, 0.6) is 11.5 Å². The Morgan fingerprint density at radius 1 is 1.15 bits per heavy atom. The molecule has 0 bridgehead atoms. The van der Waals surface area contributed by atoms with Gasteiger partial charge in [-0.1, -0.05) is 24.3 Å². The molecule has 3 rings (SSSR count). The first-order valence-corrected chi connectivity index (χ1v) is 9.37. The largest absolute Gasteiger partial charge is 0.489 e. The number of benzene rings is 2. The van der Waals surface area contributed by atoms with Gasteiger partial charge in [0.1, 0.15) is 18.1 Å². The first-order chi connectivity index (χ1) is 13.0.